The maximum Gasteiger partial charge on any atom is 0.174 e. The molecule has 21 heavy (non-hydrogen) atoms. The summed E-state index contributed by atoms with van der Waals surface area (Å²) in [6.45, 7) is 3.93. The predicted molar refractivity (Wildman–Crippen MR) is 82.2 cm³/mol. The van der Waals surface area contributed by atoms with E-state index in [0.717, 1.165) is 24.7 Å². The van der Waals surface area contributed by atoms with Crippen molar-refractivity contribution in [2.24, 2.45) is 0 Å². The first kappa shape index (κ1) is 12.7. The van der Waals surface area contributed by atoms with E-state index in [1.807, 2.05) is 24.5 Å². The molecular formula is C15H15N5S. The van der Waals surface area contributed by atoms with Crippen molar-refractivity contribution in [3.8, 4) is 10.7 Å². The fourth-order valence-corrected chi connectivity index (χ4v) is 3.67. The van der Waals surface area contributed by atoms with Crippen LogP contribution in [0.5, 0.6) is 0 Å². The molecule has 0 amide bonds. The fraction of sp³-hybridized carbons (Fsp3) is 0.267. The van der Waals surface area contributed by atoms with Crippen molar-refractivity contribution in [2.75, 3.05) is 6.54 Å². The van der Waals surface area contributed by atoms with Gasteiger partial charge in [-0.1, -0.05) is 0 Å². The van der Waals surface area contributed by atoms with Gasteiger partial charge in [-0.15, -0.1) is 21.5 Å². The average Bonchev–Trinajstić information content (AvgIpc) is 3.13. The lowest BCUT2D eigenvalue weighted by Crippen LogP contribution is -2.34. The third-order valence-electron chi connectivity index (χ3n) is 3.83. The van der Waals surface area contributed by atoms with E-state index >= 15 is 0 Å². The van der Waals surface area contributed by atoms with Crippen LogP contribution in [0, 0.1) is 6.92 Å². The van der Waals surface area contributed by atoms with E-state index in [-0.39, 0.29) is 6.04 Å². The van der Waals surface area contributed by atoms with Crippen molar-refractivity contribution in [3.63, 3.8) is 0 Å². The number of nitrogens with one attached hydrogen (secondary N) is 1. The number of aromatic nitrogens is 4. The maximum atomic E-state index is 4.45. The number of rotatable bonds is 2. The molecule has 0 saturated carbocycles. The lowest BCUT2D eigenvalue weighted by Gasteiger charge is -2.25. The third-order valence-corrected chi connectivity index (χ3v) is 4.84. The smallest absolute Gasteiger partial charge is 0.174 e. The molecule has 4 rings (SSSR count). The summed E-state index contributed by atoms with van der Waals surface area (Å²) < 4.78 is 2.24. The van der Waals surface area contributed by atoms with Gasteiger partial charge in [-0.2, -0.15) is 0 Å². The molecule has 5 nitrogen and oxygen atoms in total. The molecule has 0 bridgehead atoms. The van der Waals surface area contributed by atoms with Gasteiger partial charge in [-0.25, -0.2) is 0 Å². The molecule has 4 heterocycles. The number of hydrogen-bond donors (Lipinski definition) is 1. The van der Waals surface area contributed by atoms with Gasteiger partial charge in [-0.05, 0) is 41.6 Å². The number of fused-ring (bicyclic) bond motifs is 1. The van der Waals surface area contributed by atoms with Crippen LogP contribution in [-0.4, -0.2) is 26.3 Å². The second kappa shape index (κ2) is 5.05. The van der Waals surface area contributed by atoms with Gasteiger partial charge in [0, 0.05) is 25.5 Å². The highest BCUT2D eigenvalue weighted by molar-refractivity contribution is 7.13. The first-order valence-corrected chi connectivity index (χ1v) is 7.83. The topological polar surface area (TPSA) is 55.6 Å². The molecular weight excluding hydrogens is 282 g/mol. The average molecular weight is 297 g/mol. The normalized spacial score (nSPS) is 17.7. The summed E-state index contributed by atoms with van der Waals surface area (Å²) in [6.07, 6.45) is 3.63. The summed E-state index contributed by atoms with van der Waals surface area (Å²) in [4.78, 5) is 5.30. The Morgan fingerprint density at radius 3 is 2.86 bits per heavy atom. The first-order chi connectivity index (χ1) is 10.3. The van der Waals surface area contributed by atoms with Crippen LogP contribution in [0.1, 0.15) is 23.0 Å². The lowest BCUT2D eigenvalue weighted by molar-refractivity contribution is 0.458. The van der Waals surface area contributed by atoms with Crippen LogP contribution >= 0.6 is 11.3 Å². The second-order valence-electron chi connectivity index (χ2n) is 5.13. The van der Waals surface area contributed by atoms with Crippen LogP contribution in [0.25, 0.3) is 10.7 Å². The summed E-state index contributed by atoms with van der Waals surface area (Å²) in [5, 5.41) is 14.5. The molecule has 3 aromatic rings. The predicted octanol–water partition coefficient (Wildman–Crippen LogP) is 2.40. The first-order valence-electron chi connectivity index (χ1n) is 6.95. The number of aryl methyl sites for hydroxylation is 1. The molecule has 0 saturated heterocycles. The van der Waals surface area contributed by atoms with E-state index in [1.54, 1.807) is 11.3 Å². The van der Waals surface area contributed by atoms with Crippen molar-refractivity contribution < 1.29 is 0 Å². The molecule has 6 heteroatoms. The molecule has 1 aliphatic heterocycles. The molecule has 3 aromatic heterocycles. The Bertz CT molecular complexity index is 761. The van der Waals surface area contributed by atoms with Gasteiger partial charge >= 0.3 is 0 Å². The zero-order valence-electron chi connectivity index (χ0n) is 11.7. The number of hydrogen-bond acceptors (Lipinski definition) is 5. The SMILES string of the molecule is Cc1ccsc1-c1nnc2n1CCNC2c1ccncc1. The lowest BCUT2D eigenvalue weighted by atomic mass is 10.1. The number of nitrogens with zero attached hydrogens (tertiary/aromatic N) is 4. The third kappa shape index (κ3) is 2.07. The summed E-state index contributed by atoms with van der Waals surface area (Å²) in [6, 6.07) is 6.27. The Hall–Kier alpha value is -2.05. The minimum Gasteiger partial charge on any atom is -0.307 e. The monoisotopic (exact) mass is 297 g/mol. The Labute approximate surface area is 126 Å². The van der Waals surface area contributed by atoms with E-state index < -0.39 is 0 Å². The highest BCUT2D eigenvalue weighted by Gasteiger charge is 2.27. The van der Waals surface area contributed by atoms with Crippen molar-refractivity contribution in [3.05, 3.63) is 52.9 Å². The van der Waals surface area contributed by atoms with E-state index in [1.165, 1.54) is 16.0 Å². The maximum absolute atomic E-state index is 4.45. The van der Waals surface area contributed by atoms with E-state index in [9.17, 15) is 0 Å². The zero-order chi connectivity index (χ0) is 14.2. The van der Waals surface area contributed by atoms with Crippen LogP contribution < -0.4 is 5.32 Å². The Morgan fingerprint density at radius 1 is 1.24 bits per heavy atom. The van der Waals surface area contributed by atoms with Crippen LogP contribution in [-0.2, 0) is 6.54 Å². The molecule has 0 radical (unpaired) electrons. The standard InChI is InChI=1S/C15H15N5S/c1-10-4-9-21-13(10)15-19-18-14-12(17-7-8-20(14)15)11-2-5-16-6-3-11/h2-6,9,12,17H,7-8H2,1H3. The Kier molecular flexibility index (Phi) is 3.05. The van der Waals surface area contributed by atoms with Gasteiger partial charge in [0.25, 0.3) is 0 Å². The van der Waals surface area contributed by atoms with Gasteiger partial charge in [-0.3, -0.25) is 4.98 Å². The summed E-state index contributed by atoms with van der Waals surface area (Å²) in [7, 11) is 0. The molecule has 0 spiro atoms. The van der Waals surface area contributed by atoms with Crippen molar-refractivity contribution >= 4 is 11.3 Å². The van der Waals surface area contributed by atoms with Crippen LogP contribution in [0.2, 0.25) is 0 Å². The van der Waals surface area contributed by atoms with Gasteiger partial charge in [0.05, 0.1) is 10.9 Å². The summed E-state index contributed by atoms with van der Waals surface area (Å²) in [5.74, 6) is 1.97. The summed E-state index contributed by atoms with van der Waals surface area (Å²) >= 11 is 1.72. The molecule has 106 valence electrons. The Balaban J connectivity index is 1.81. The molecule has 0 aromatic carbocycles. The van der Waals surface area contributed by atoms with E-state index in [4.69, 9.17) is 0 Å². The minimum absolute atomic E-state index is 0.0864. The summed E-state index contributed by atoms with van der Waals surface area (Å²) in [5.41, 5.74) is 2.43. The molecule has 1 aliphatic rings. The van der Waals surface area contributed by atoms with Gasteiger partial charge in [0.2, 0.25) is 0 Å². The van der Waals surface area contributed by atoms with Crippen molar-refractivity contribution in [2.45, 2.75) is 19.5 Å². The number of pyridine rings is 1. The van der Waals surface area contributed by atoms with Gasteiger partial charge < -0.3 is 9.88 Å². The van der Waals surface area contributed by atoms with E-state index in [2.05, 4.69) is 43.4 Å². The second-order valence-corrected chi connectivity index (χ2v) is 6.05. The quantitative estimate of drug-likeness (QED) is 0.789. The van der Waals surface area contributed by atoms with Crippen molar-refractivity contribution in [1.82, 2.24) is 25.1 Å². The fourth-order valence-electron chi connectivity index (χ4n) is 2.75. The highest BCUT2D eigenvalue weighted by Crippen LogP contribution is 2.31. The largest absolute Gasteiger partial charge is 0.307 e. The Morgan fingerprint density at radius 2 is 2.10 bits per heavy atom. The van der Waals surface area contributed by atoms with Crippen LogP contribution in [0.15, 0.2) is 36.0 Å². The van der Waals surface area contributed by atoms with Crippen molar-refractivity contribution in [1.29, 1.82) is 0 Å². The van der Waals surface area contributed by atoms with Crippen LogP contribution in [0.4, 0.5) is 0 Å². The molecule has 1 N–H and O–H groups in total. The van der Waals surface area contributed by atoms with Crippen LogP contribution in [0.3, 0.4) is 0 Å². The van der Waals surface area contributed by atoms with Gasteiger partial charge in [0.15, 0.2) is 11.6 Å². The minimum atomic E-state index is 0.0864. The molecule has 0 fully saturated rings. The number of thiophene rings is 1. The molecule has 0 aliphatic carbocycles. The molecule has 1 unspecified atom stereocenters. The highest BCUT2D eigenvalue weighted by atomic mass is 32.1. The van der Waals surface area contributed by atoms with E-state index in [0.29, 0.717) is 0 Å². The molecule has 1 atom stereocenters. The van der Waals surface area contributed by atoms with Gasteiger partial charge in [0.1, 0.15) is 0 Å². The zero-order valence-corrected chi connectivity index (χ0v) is 12.5.